The van der Waals surface area contributed by atoms with Crippen LogP contribution in [0, 0.1) is 5.92 Å². The maximum absolute atomic E-state index is 13.3. The van der Waals surface area contributed by atoms with Crippen molar-refractivity contribution < 1.29 is 14.3 Å². The van der Waals surface area contributed by atoms with Crippen molar-refractivity contribution in [3.05, 3.63) is 54.1 Å². The summed E-state index contributed by atoms with van der Waals surface area (Å²) < 4.78 is 6.86. The van der Waals surface area contributed by atoms with Crippen LogP contribution >= 0.6 is 11.3 Å². The Labute approximate surface area is 185 Å². The number of ether oxygens (including phenoxy) is 1. The van der Waals surface area contributed by atoms with E-state index in [-0.39, 0.29) is 23.8 Å². The van der Waals surface area contributed by atoms with E-state index in [4.69, 9.17) is 9.72 Å². The van der Waals surface area contributed by atoms with Gasteiger partial charge < -0.3 is 10.1 Å². The molecule has 2 amide bonds. The molecule has 1 aromatic heterocycles. The molecule has 2 atom stereocenters. The van der Waals surface area contributed by atoms with Crippen molar-refractivity contribution in [3.8, 4) is 0 Å². The Morgan fingerprint density at radius 1 is 1.19 bits per heavy atom. The molecule has 0 unspecified atom stereocenters. The Balaban J connectivity index is 1.31. The molecule has 0 bridgehead atoms. The quantitative estimate of drug-likeness (QED) is 0.623. The van der Waals surface area contributed by atoms with E-state index in [0.717, 1.165) is 40.9 Å². The van der Waals surface area contributed by atoms with Crippen molar-refractivity contribution in [2.24, 2.45) is 5.92 Å². The number of carbonyl (C=O) groups is 2. The highest BCUT2D eigenvalue weighted by molar-refractivity contribution is 7.22. The van der Waals surface area contributed by atoms with E-state index in [1.54, 1.807) is 4.90 Å². The number of carbonyl (C=O) groups excluding carboxylic acids is 2. The van der Waals surface area contributed by atoms with Crippen molar-refractivity contribution in [2.75, 3.05) is 23.4 Å². The lowest BCUT2D eigenvalue weighted by molar-refractivity contribution is -0.121. The van der Waals surface area contributed by atoms with Crippen LogP contribution in [-0.2, 0) is 20.7 Å². The van der Waals surface area contributed by atoms with Crippen LogP contribution in [0.4, 0.5) is 10.8 Å². The minimum Gasteiger partial charge on any atom is -0.376 e. The maximum Gasteiger partial charge on any atom is 0.228 e. The fraction of sp³-hybridized carbons (Fsp3) is 0.375. The molecule has 1 fully saturated rings. The summed E-state index contributed by atoms with van der Waals surface area (Å²) in [7, 11) is 0. The van der Waals surface area contributed by atoms with Gasteiger partial charge >= 0.3 is 0 Å². The zero-order chi connectivity index (χ0) is 21.2. The summed E-state index contributed by atoms with van der Waals surface area (Å²) in [5.41, 5.74) is 2.91. The molecule has 31 heavy (non-hydrogen) atoms. The molecular weight excluding hydrogens is 410 g/mol. The molecule has 2 aromatic carbocycles. The number of fused-ring (bicyclic) bond motifs is 2. The van der Waals surface area contributed by atoms with Gasteiger partial charge in [0.1, 0.15) is 0 Å². The molecule has 0 spiro atoms. The summed E-state index contributed by atoms with van der Waals surface area (Å²) in [5, 5.41) is 3.69. The van der Waals surface area contributed by atoms with Gasteiger partial charge in [-0.2, -0.15) is 0 Å². The fourth-order valence-electron chi connectivity index (χ4n) is 4.33. The molecule has 2 aliphatic rings. The molecule has 160 valence electrons. The zero-order valence-corrected chi connectivity index (χ0v) is 18.1. The molecule has 0 saturated carbocycles. The molecule has 0 radical (unpaired) electrons. The van der Waals surface area contributed by atoms with E-state index in [2.05, 4.69) is 5.32 Å². The van der Waals surface area contributed by atoms with Crippen LogP contribution in [0.25, 0.3) is 10.2 Å². The second-order valence-corrected chi connectivity index (χ2v) is 9.20. The van der Waals surface area contributed by atoms with Crippen molar-refractivity contribution in [3.63, 3.8) is 0 Å². The number of nitrogens with one attached hydrogen (secondary N) is 1. The first kappa shape index (κ1) is 20.2. The molecule has 1 saturated heterocycles. The molecule has 3 heterocycles. The number of amides is 2. The van der Waals surface area contributed by atoms with Gasteiger partial charge in [-0.25, -0.2) is 4.98 Å². The van der Waals surface area contributed by atoms with Crippen molar-refractivity contribution in [1.82, 2.24) is 4.98 Å². The molecule has 0 aliphatic carbocycles. The Hall–Kier alpha value is -2.77. The van der Waals surface area contributed by atoms with Gasteiger partial charge in [0.05, 0.1) is 22.9 Å². The average molecular weight is 436 g/mol. The first-order valence-electron chi connectivity index (χ1n) is 10.8. The van der Waals surface area contributed by atoms with Gasteiger partial charge in [0.15, 0.2) is 5.13 Å². The Morgan fingerprint density at radius 3 is 2.87 bits per heavy atom. The standard InChI is InChI=1S/C24H25N3O3S/c28-22(12-11-17-14-16-6-1-2-8-19(16)25-23(17)29)27(15-18-7-5-13-30-18)24-26-20-9-3-4-10-21(20)31-24/h1-4,6,8-10,17-18H,5,7,11-15H2,(H,25,29)/t17-,18+/m0/s1. The fourth-order valence-corrected chi connectivity index (χ4v) is 5.33. The maximum atomic E-state index is 13.3. The normalized spacial score (nSPS) is 20.5. The third-order valence-corrected chi connectivity index (χ3v) is 7.10. The number of hydrogen-bond acceptors (Lipinski definition) is 5. The third-order valence-electron chi connectivity index (χ3n) is 6.04. The van der Waals surface area contributed by atoms with Crippen LogP contribution in [0.1, 0.15) is 31.2 Å². The molecule has 3 aromatic rings. The van der Waals surface area contributed by atoms with E-state index in [1.807, 2.05) is 48.5 Å². The minimum atomic E-state index is -0.196. The number of aromatic nitrogens is 1. The van der Waals surface area contributed by atoms with E-state index in [1.165, 1.54) is 11.3 Å². The third kappa shape index (κ3) is 4.34. The second kappa shape index (κ2) is 8.77. The SMILES string of the molecule is O=C1Nc2ccccc2C[C@@H]1CCC(=O)N(C[C@H]1CCCO1)c1nc2ccccc2s1. The number of nitrogens with zero attached hydrogens (tertiary/aromatic N) is 2. The number of thiazole rings is 1. The summed E-state index contributed by atoms with van der Waals surface area (Å²) >= 11 is 1.53. The van der Waals surface area contributed by atoms with Crippen LogP contribution in [0.3, 0.4) is 0 Å². The smallest absolute Gasteiger partial charge is 0.228 e. The Morgan fingerprint density at radius 2 is 2.03 bits per heavy atom. The molecule has 6 nitrogen and oxygen atoms in total. The first-order chi connectivity index (χ1) is 15.2. The van der Waals surface area contributed by atoms with Gasteiger partial charge in [-0.1, -0.05) is 41.7 Å². The van der Waals surface area contributed by atoms with Crippen molar-refractivity contribution in [2.45, 2.75) is 38.2 Å². The summed E-state index contributed by atoms with van der Waals surface area (Å²) in [6.07, 6.45) is 3.52. The van der Waals surface area contributed by atoms with Crippen molar-refractivity contribution in [1.29, 1.82) is 0 Å². The summed E-state index contributed by atoms with van der Waals surface area (Å²) in [6.45, 7) is 1.26. The molecule has 5 rings (SSSR count). The van der Waals surface area contributed by atoms with E-state index in [9.17, 15) is 9.59 Å². The first-order valence-corrected chi connectivity index (χ1v) is 11.7. The summed E-state index contributed by atoms with van der Waals surface area (Å²) in [6, 6.07) is 15.8. The number of anilines is 2. The van der Waals surface area contributed by atoms with Crippen LogP contribution in [0.15, 0.2) is 48.5 Å². The van der Waals surface area contributed by atoms with Gasteiger partial charge in [0.25, 0.3) is 0 Å². The molecule has 2 aliphatic heterocycles. The molecular formula is C24H25N3O3S. The molecule has 7 heteroatoms. The zero-order valence-electron chi connectivity index (χ0n) is 17.3. The van der Waals surface area contributed by atoms with Gasteiger partial charge in [-0.15, -0.1) is 0 Å². The summed E-state index contributed by atoms with van der Waals surface area (Å²) in [5.74, 6) is -0.197. The lowest BCUT2D eigenvalue weighted by Gasteiger charge is -2.26. The predicted octanol–water partition coefficient (Wildman–Crippen LogP) is 4.40. The lowest BCUT2D eigenvalue weighted by atomic mass is 9.89. The van der Waals surface area contributed by atoms with Gasteiger partial charge in [-0.3, -0.25) is 14.5 Å². The van der Waals surface area contributed by atoms with E-state index in [0.29, 0.717) is 30.9 Å². The monoisotopic (exact) mass is 435 g/mol. The Bertz CT molecular complexity index is 1070. The van der Waals surface area contributed by atoms with Gasteiger partial charge in [0.2, 0.25) is 11.8 Å². The van der Waals surface area contributed by atoms with Gasteiger partial charge in [0, 0.05) is 24.6 Å². The van der Waals surface area contributed by atoms with Crippen LogP contribution in [0.5, 0.6) is 0 Å². The van der Waals surface area contributed by atoms with E-state index < -0.39 is 0 Å². The largest absolute Gasteiger partial charge is 0.376 e. The minimum absolute atomic E-state index is 0.00112. The van der Waals surface area contributed by atoms with E-state index >= 15 is 0 Å². The topological polar surface area (TPSA) is 71.5 Å². The average Bonchev–Trinajstić information content (AvgIpc) is 3.45. The lowest BCUT2D eigenvalue weighted by Crippen LogP contribution is -2.38. The summed E-state index contributed by atoms with van der Waals surface area (Å²) in [4.78, 5) is 32.3. The highest BCUT2D eigenvalue weighted by Crippen LogP contribution is 2.32. The van der Waals surface area contributed by atoms with Crippen LogP contribution in [-0.4, -0.2) is 36.1 Å². The second-order valence-electron chi connectivity index (χ2n) is 8.19. The number of hydrogen-bond donors (Lipinski definition) is 1. The number of rotatable bonds is 6. The molecule has 1 N–H and O–H groups in total. The predicted molar refractivity (Wildman–Crippen MR) is 122 cm³/mol. The van der Waals surface area contributed by atoms with Crippen LogP contribution in [0.2, 0.25) is 0 Å². The van der Waals surface area contributed by atoms with Gasteiger partial charge in [-0.05, 0) is 49.4 Å². The number of benzene rings is 2. The highest BCUT2D eigenvalue weighted by Gasteiger charge is 2.29. The Kier molecular flexibility index (Phi) is 5.70. The van der Waals surface area contributed by atoms with Crippen LogP contribution < -0.4 is 10.2 Å². The number of para-hydroxylation sites is 2. The highest BCUT2D eigenvalue weighted by atomic mass is 32.1. The van der Waals surface area contributed by atoms with Crippen molar-refractivity contribution >= 4 is 44.2 Å².